The van der Waals surface area contributed by atoms with Crippen molar-refractivity contribution in [2.24, 2.45) is 5.41 Å². The van der Waals surface area contributed by atoms with Gasteiger partial charge in [-0.15, -0.1) is 0 Å². The van der Waals surface area contributed by atoms with E-state index in [1.807, 2.05) is 0 Å². The van der Waals surface area contributed by atoms with Gasteiger partial charge in [0.05, 0.1) is 0 Å². The Balaban J connectivity index is 2.55. The van der Waals surface area contributed by atoms with E-state index < -0.39 is 0 Å². The molecule has 0 spiro atoms. The molecular formula is C14H27NO. The Bertz CT molecular complexity index is 211. The largest absolute Gasteiger partial charge is 0.303 e. The SMILES string of the molecule is CCN(CC(C)(C=O)CC)C1CCCCC1. The molecule has 0 bridgehead atoms. The third-order valence-corrected chi connectivity index (χ3v) is 4.15. The minimum atomic E-state index is -0.145. The van der Waals surface area contributed by atoms with Gasteiger partial charge in [-0.05, 0) is 25.8 Å². The number of hydrogen-bond acceptors (Lipinski definition) is 2. The fraction of sp³-hybridized carbons (Fsp3) is 0.929. The Kier molecular flexibility index (Phi) is 5.47. The van der Waals surface area contributed by atoms with Gasteiger partial charge >= 0.3 is 0 Å². The van der Waals surface area contributed by atoms with Crippen LogP contribution >= 0.6 is 0 Å². The van der Waals surface area contributed by atoms with Gasteiger partial charge in [-0.2, -0.15) is 0 Å². The van der Waals surface area contributed by atoms with Gasteiger partial charge in [0.15, 0.2) is 0 Å². The molecule has 1 saturated carbocycles. The lowest BCUT2D eigenvalue weighted by molar-refractivity contribution is -0.117. The van der Waals surface area contributed by atoms with E-state index in [-0.39, 0.29) is 5.41 Å². The maximum absolute atomic E-state index is 11.2. The Morgan fingerprint density at radius 3 is 2.31 bits per heavy atom. The Morgan fingerprint density at radius 1 is 1.25 bits per heavy atom. The molecule has 0 aromatic heterocycles. The molecule has 0 aromatic rings. The standard InChI is InChI=1S/C14H27NO/c1-4-14(3,12-16)11-15(5-2)13-9-7-6-8-10-13/h12-13H,4-11H2,1-3H3. The molecule has 0 aliphatic heterocycles. The minimum Gasteiger partial charge on any atom is -0.303 e. The molecule has 1 atom stereocenters. The quantitative estimate of drug-likeness (QED) is 0.647. The zero-order chi connectivity index (χ0) is 12.0. The van der Waals surface area contributed by atoms with Crippen molar-refractivity contribution >= 4 is 6.29 Å². The molecule has 2 nitrogen and oxygen atoms in total. The van der Waals surface area contributed by atoms with Crippen LogP contribution in [0.1, 0.15) is 59.3 Å². The number of nitrogens with zero attached hydrogens (tertiary/aromatic N) is 1. The first-order valence-electron chi connectivity index (χ1n) is 6.85. The molecule has 16 heavy (non-hydrogen) atoms. The van der Waals surface area contributed by atoms with Crippen LogP contribution in [-0.4, -0.2) is 30.3 Å². The number of hydrogen-bond donors (Lipinski definition) is 0. The average molecular weight is 225 g/mol. The van der Waals surface area contributed by atoms with Crippen molar-refractivity contribution in [2.45, 2.75) is 65.3 Å². The highest BCUT2D eigenvalue weighted by Crippen LogP contribution is 2.26. The van der Waals surface area contributed by atoms with Crippen LogP contribution in [0.25, 0.3) is 0 Å². The fourth-order valence-electron chi connectivity index (χ4n) is 2.64. The topological polar surface area (TPSA) is 20.3 Å². The summed E-state index contributed by atoms with van der Waals surface area (Å²) in [7, 11) is 0. The second-order valence-corrected chi connectivity index (χ2v) is 5.48. The first-order valence-corrected chi connectivity index (χ1v) is 6.85. The van der Waals surface area contributed by atoms with Gasteiger partial charge in [0.1, 0.15) is 6.29 Å². The summed E-state index contributed by atoms with van der Waals surface area (Å²) in [6.45, 7) is 8.44. The summed E-state index contributed by atoms with van der Waals surface area (Å²) in [5.41, 5.74) is -0.145. The summed E-state index contributed by atoms with van der Waals surface area (Å²) in [6.07, 6.45) is 8.88. The predicted octanol–water partition coefficient (Wildman–Crippen LogP) is 3.26. The van der Waals surface area contributed by atoms with Crippen LogP contribution in [0.5, 0.6) is 0 Å². The van der Waals surface area contributed by atoms with Crippen LogP contribution in [0.2, 0.25) is 0 Å². The molecule has 94 valence electrons. The normalized spacial score (nSPS) is 22.0. The van der Waals surface area contributed by atoms with E-state index in [1.54, 1.807) is 0 Å². The summed E-state index contributed by atoms with van der Waals surface area (Å²) in [4.78, 5) is 13.7. The summed E-state index contributed by atoms with van der Waals surface area (Å²) >= 11 is 0. The molecule has 0 saturated heterocycles. The van der Waals surface area contributed by atoms with Crippen LogP contribution in [-0.2, 0) is 4.79 Å². The van der Waals surface area contributed by atoms with Crippen molar-refractivity contribution in [3.8, 4) is 0 Å². The van der Waals surface area contributed by atoms with Crippen molar-refractivity contribution < 1.29 is 4.79 Å². The number of carbonyl (C=O) groups excluding carboxylic acids is 1. The van der Waals surface area contributed by atoms with Crippen LogP contribution in [0.15, 0.2) is 0 Å². The fourth-order valence-corrected chi connectivity index (χ4v) is 2.64. The molecule has 2 heteroatoms. The Labute approximate surface area is 100 Å². The molecule has 1 fully saturated rings. The smallest absolute Gasteiger partial charge is 0.127 e. The van der Waals surface area contributed by atoms with Crippen molar-refractivity contribution in [1.82, 2.24) is 4.90 Å². The first kappa shape index (κ1) is 13.7. The minimum absolute atomic E-state index is 0.145. The highest BCUT2D eigenvalue weighted by atomic mass is 16.1. The van der Waals surface area contributed by atoms with Gasteiger partial charge < -0.3 is 4.79 Å². The highest BCUT2D eigenvalue weighted by Gasteiger charge is 2.28. The molecule has 0 radical (unpaired) electrons. The number of aldehydes is 1. The summed E-state index contributed by atoms with van der Waals surface area (Å²) < 4.78 is 0. The first-order chi connectivity index (χ1) is 7.65. The third-order valence-electron chi connectivity index (χ3n) is 4.15. The van der Waals surface area contributed by atoms with E-state index in [0.717, 1.165) is 31.8 Å². The van der Waals surface area contributed by atoms with Crippen LogP contribution < -0.4 is 0 Å². The predicted molar refractivity (Wildman–Crippen MR) is 68.6 cm³/mol. The Morgan fingerprint density at radius 2 is 1.88 bits per heavy atom. The lowest BCUT2D eigenvalue weighted by Gasteiger charge is -2.38. The second-order valence-electron chi connectivity index (χ2n) is 5.48. The van der Waals surface area contributed by atoms with E-state index in [4.69, 9.17) is 0 Å². The lowest BCUT2D eigenvalue weighted by atomic mass is 9.86. The van der Waals surface area contributed by atoms with E-state index >= 15 is 0 Å². The third kappa shape index (κ3) is 3.58. The molecule has 1 aliphatic rings. The summed E-state index contributed by atoms with van der Waals surface area (Å²) in [6, 6.07) is 0.726. The van der Waals surface area contributed by atoms with Gasteiger partial charge in [-0.3, -0.25) is 4.90 Å². The van der Waals surface area contributed by atoms with Crippen molar-refractivity contribution in [1.29, 1.82) is 0 Å². The van der Waals surface area contributed by atoms with Crippen LogP contribution in [0, 0.1) is 5.41 Å². The number of rotatable bonds is 6. The van der Waals surface area contributed by atoms with Crippen molar-refractivity contribution in [2.75, 3.05) is 13.1 Å². The molecule has 0 N–H and O–H groups in total. The highest BCUT2D eigenvalue weighted by molar-refractivity contribution is 5.58. The molecule has 0 amide bonds. The van der Waals surface area contributed by atoms with Crippen molar-refractivity contribution in [3.05, 3.63) is 0 Å². The zero-order valence-electron chi connectivity index (χ0n) is 11.2. The second kappa shape index (κ2) is 6.39. The maximum Gasteiger partial charge on any atom is 0.127 e. The molecule has 1 rings (SSSR count). The summed E-state index contributed by atoms with van der Waals surface area (Å²) in [5.74, 6) is 0. The van der Waals surface area contributed by atoms with Gasteiger partial charge in [-0.1, -0.05) is 40.0 Å². The van der Waals surface area contributed by atoms with Crippen LogP contribution in [0.3, 0.4) is 0 Å². The van der Waals surface area contributed by atoms with Gasteiger partial charge in [0.25, 0.3) is 0 Å². The number of carbonyl (C=O) groups is 1. The molecular weight excluding hydrogens is 198 g/mol. The monoisotopic (exact) mass is 225 g/mol. The Hall–Kier alpha value is -0.370. The van der Waals surface area contributed by atoms with Crippen LogP contribution in [0.4, 0.5) is 0 Å². The maximum atomic E-state index is 11.2. The van der Waals surface area contributed by atoms with E-state index in [9.17, 15) is 4.79 Å². The molecule has 1 aliphatic carbocycles. The van der Waals surface area contributed by atoms with E-state index in [2.05, 4.69) is 25.7 Å². The van der Waals surface area contributed by atoms with Gasteiger partial charge in [0, 0.05) is 18.0 Å². The van der Waals surface area contributed by atoms with Gasteiger partial charge in [-0.25, -0.2) is 0 Å². The molecule has 1 unspecified atom stereocenters. The summed E-state index contributed by atoms with van der Waals surface area (Å²) in [5, 5.41) is 0. The average Bonchev–Trinajstić information content (AvgIpc) is 2.36. The van der Waals surface area contributed by atoms with E-state index in [0.29, 0.717) is 0 Å². The zero-order valence-corrected chi connectivity index (χ0v) is 11.2. The van der Waals surface area contributed by atoms with Crippen molar-refractivity contribution in [3.63, 3.8) is 0 Å². The molecule has 0 heterocycles. The van der Waals surface area contributed by atoms with E-state index in [1.165, 1.54) is 32.1 Å². The molecule has 0 aromatic carbocycles. The lowest BCUT2D eigenvalue weighted by Crippen LogP contribution is -2.43. The van der Waals surface area contributed by atoms with Gasteiger partial charge in [0.2, 0.25) is 0 Å².